The second-order valence-corrected chi connectivity index (χ2v) is 9.15. The fraction of sp³-hybridized carbons (Fsp3) is 0.194. The molecule has 4 aromatic rings. The largest absolute Gasteiger partial charge is 0.497 e. The molecule has 0 aromatic heterocycles. The Kier molecular flexibility index (Phi) is 8.33. The monoisotopic (exact) mass is 539 g/mol. The predicted molar refractivity (Wildman–Crippen MR) is 139 cm³/mol. The van der Waals surface area contributed by atoms with E-state index in [0.717, 1.165) is 12.1 Å². The number of alkyl halides is 5. The minimum Gasteiger partial charge on any atom is -0.497 e. The van der Waals surface area contributed by atoms with Crippen LogP contribution in [0, 0.1) is 0 Å². The second-order valence-electron chi connectivity index (χ2n) is 9.15. The van der Waals surface area contributed by atoms with Crippen LogP contribution in [0.5, 0.6) is 5.75 Å². The first-order chi connectivity index (χ1) is 18.6. The molecule has 0 radical (unpaired) electrons. The highest BCUT2D eigenvalue weighted by Gasteiger charge is 2.39. The van der Waals surface area contributed by atoms with Gasteiger partial charge in [-0.25, -0.2) is 8.78 Å². The van der Waals surface area contributed by atoms with E-state index >= 15 is 0 Å². The smallest absolute Gasteiger partial charge is 0.416 e. The van der Waals surface area contributed by atoms with Crippen molar-refractivity contribution < 1.29 is 31.5 Å². The summed E-state index contributed by atoms with van der Waals surface area (Å²) in [5, 5.41) is 2.95. The van der Waals surface area contributed by atoms with Gasteiger partial charge in [0.05, 0.1) is 24.6 Å². The van der Waals surface area contributed by atoms with Crippen molar-refractivity contribution in [3.05, 3.63) is 137 Å². The van der Waals surface area contributed by atoms with E-state index in [4.69, 9.17) is 4.74 Å². The van der Waals surface area contributed by atoms with Gasteiger partial charge in [0.1, 0.15) is 5.75 Å². The van der Waals surface area contributed by atoms with E-state index in [1.54, 1.807) is 60.7 Å². The van der Waals surface area contributed by atoms with Crippen LogP contribution in [0.3, 0.4) is 0 Å². The number of methoxy groups -OCH3 is 1. The molecule has 1 unspecified atom stereocenters. The Hall–Kier alpha value is -4.20. The number of amides is 1. The maximum Gasteiger partial charge on any atom is 0.416 e. The molecule has 0 fully saturated rings. The summed E-state index contributed by atoms with van der Waals surface area (Å²) < 4.78 is 74.0. The quantitative estimate of drug-likeness (QED) is 0.224. The lowest BCUT2D eigenvalue weighted by molar-refractivity contribution is -0.137. The van der Waals surface area contributed by atoms with Crippen LogP contribution in [0.2, 0.25) is 0 Å². The molecule has 0 spiro atoms. The van der Waals surface area contributed by atoms with Crippen LogP contribution in [0.4, 0.5) is 22.0 Å². The summed E-state index contributed by atoms with van der Waals surface area (Å²) in [6, 6.07) is 25.7. The fourth-order valence-electron chi connectivity index (χ4n) is 4.57. The number of hydrogen-bond donors (Lipinski definition) is 1. The summed E-state index contributed by atoms with van der Waals surface area (Å²) in [6.07, 6.45) is -7.52. The average molecular weight is 540 g/mol. The topological polar surface area (TPSA) is 38.3 Å². The summed E-state index contributed by atoms with van der Waals surface area (Å²) in [5.74, 6) is 0.112. The number of ether oxygens (including phenoxy) is 1. The van der Waals surface area contributed by atoms with Gasteiger partial charge in [0.15, 0.2) is 0 Å². The highest BCUT2D eigenvalue weighted by Crippen LogP contribution is 2.38. The molecule has 39 heavy (non-hydrogen) atoms. The fourth-order valence-corrected chi connectivity index (χ4v) is 4.57. The zero-order valence-electron chi connectivity index (χ0n) is 21.0. The van der Waals surface area contributed by atoms with Crippen molar-refractivity contribution in [3.8, 4) is 5.75 Å². The van der Waals surface area contributed by atoms with E-state index < -0.39 is 29.6 Å². The summed E-state index contributed by atoms with van der Waals surface area (Å²) >= 11 is 0. The van der Waals surface area contributed by atoms with Gasteiger partial charge in [0, 0.05) is 12.0 Å². The van der Waals surface area contributed by atoms with E-state index in [9.17, 15) is 26.7 Å². The first-order valence-corrected chi connectivity index (χ1v) is 12.1. The van der Waals surface area contributed by atoms with Crippen LogP contribution >= 0.6 is 0 Å². The molecule has 202 valence electrons. The number of halogens is 5. The van der Waals surface area contributed by atoms with Crippen molar-refractivity contribution in [2.75, 3.05) is 7.11 Å². The van der Waals surface area contributed by atoms with Gasteiger partial charge < -0.3 is 10.1 Å². The standard InChI is InChI=1S/C31H26F5NO2/c1-39-27-15-13-21(14-16-27)17-28(38)37-30(20-22-7-3-2-4-8-22,24-10-5-9-23(18-24)29(32)33)25-11-6-12-26(19-25)31(34,35)36/h2-16,18-19,29H,17,20H2,1H3,(H,37,38). The van der Waals surface area contributed by atoms with Crippen molar-refractivity contribution in [3.63, 3.8) is 0 Å². The number of hydrogen-bond acceptors (Lipinski definition) is 2. The van der Waals surface area contributed by atoms with Crippen LogP contribution in [-0.2, 0) is 29.4 Å². The van der Waals surface area contributed by atoms with Crippen molar-refractivity contribution in [1.29, 1.82) is 0 Å². The molecule has 1 amide bonds. The van der Waals surface area contributed by atoms with Crippen molar-refractivity contribution in [2.45, 2.75) is 31.0 Å². The van der Waals surface area contributed by atoms with Gasteiger partial charge in [0.2, 0.25) is 5.91 Å². The lowest BCUT2D eigenvalue weighted by Gasteiger charge is -2.37. The first kappa shape index (κ1) is 27.8. The zero-order valence-corrected chi connectivity index (χ0v) is 21.0. The van der Waals surface area contributed by atoms with E-state index in [-0.39, 0.29) is 29.5 Å². The van der Waals surface area contributed by atoms with Gasteiger partial charge in [-0.15, -0.1) is 0 Å². The summed E-state index contributed by atoms with van der Waals surface area (Å²) in [4.78, 5) is 13.5. The third kappa shape index (κ3) is 6.63. The molecule has 0 aliphatic rings. The van der Waals surface area contributed by atoms with Crippen molar-refractivity contribution in [1.82, 2.24) is 5.32 Å². The van der Waals surface area contributed by atoms with Crippen molar-refractivity contribution >= 4 is 5.91 Å². The van der Waals surface area contributed by atoms with E-state index in [1.807, 2.05) is 0 Å². The molecule has 8 heteroatoms. The number of carbonyl (C=O) groups is 1. The van der Waals surface area contributed by atoms with Gasteiger partial charge in [-0.05, 0) is 52.6 Å². The summed E-state index contributed by atoms with van der Waals surface area (Å²) in [5.41, 5.74) is -1.10. The van der Waals surface area contributed by atoms with Crippen LogP contribution in [0.1, 0.15) is 39.8 Å². The molecule has 4 rings (SSSR count). The minimum atomic E-state index is -4.65. The Balaban J connectivity index is 1.88. The highest BCUT2D eigenvalue weighted by molar-refractivity contribution is 5.80. The summed E-state index contributed by atoms with van der Waals surface area (Å²) in [6.45, 7) is 0. The molecule has 1 atom stereocenters. The van der Waals surface area contributed by atoms with Gasteiger partial charge >= 0.3 is 6.18 Å². The van der Waals surface area contributed by atoms with E-state index in [2.05, 4.69) is 5.32 Å². The Bertz CT molecular complexity index is 1400. The number of carbonyl (C=O) groups excluding carboxylic acids is 1. The van der Waals surface area contributed by atoms with Crippen LogP contribution < -0.4 is 10.1 Å². The van der Waals surface area contributed by atoms with Gasteiger partial charge in [-0.1, -0.05) is 72.8 Å². The molecule has 0 heterocycles. The Morgan fingerprint density at radius 1 is 0.769 bits per heavy atom. The van der Waals surface area contributed by atoms with Crippen LogP contribution in [-0.4, -0.2) is 13.0 Å². The molecule has 0 aliphatic heterocycles. The van der Waals surface area contributed by atoms with Gasteiger partial charge in [0.25, 0.3) is 6.43 Å². The maximum absolute atomic E-state index is 13.8. The highest BCUT2D eigenvalue weighted by atomic mass is 19.4. The Morgan fingerprint density at radius 3 is 2.00 bits per heavy atom. The molecule has 0 saturated heterocycles. The van der Waals surface area contributed by atoms with E-state index in [1.165, 1.54) is 37.4 Å². The SMILES string of the molecule is COc1ccc(CC(=O)NC(Cc2ccccc2)(c2cccc(C(F)F)c2)c2cccc(C(F)(F)F)c2)cc1. The molecule has 0 bridgehead atoms. The average Bonchev–Trinajstić information content (AvgIpc) is 2.93. The first-order valence-electron chi connectivity index (χ1n) is 12.1. The maximum atomic E-state index is 13.8. The Morgan fingerprint density at radius 2 is 1.38 bits per heavy atom. The van der Waals surface area contributed by atoms with E-state index in [0.29, 0.717) is 16.9 Å². The van der Waals surface area contributed by atoms with Crippen LogP contribution in [0.15, 0.2) is 103 Å². The third-order valence-corrected chi connectivity index (χ3v) is 6.50. The minimum absolute atomic E-state index is 0.0240. The van der Waals surface area contributed by atoms with Crippen LogP contribution in [0.25, 0.3) is 0 Å². The van der Waals surface area contributed by atoms with Crippen molar-refractivity contribution in [2.24, 2.45) is 0 Å². The third-order valence-electron chi connectivity index (χ3n) is 6.50. The molecular formula is C31H26F5NO2. The predicted octanol–water partition coefficient (Wildman–Crippen LogP) is 7.50. The normalized spacial score (nSPS) is 13.1. The zero-order chi connectivity index (χ0) is 28.0. The lowest BCUT2D eigenvalue weighted by atomic mass is 9.76. The number of nitrogens with one attached hydrogen (secondary N) is 1. The molecule has 4 aromatic carbocycles. The molecule has 0 saturated carbocycles. The number of rotatable bonds is 9. The van der Waals surface area contributed by atoms with Gasteiger partial charge in [-0.2, -0.15) is 13.2 Å². The molecule has 3 nitrogen and oxygen atoms in total. The summed E-state index contributed by atoms with van der Waals surface area (Å²) in [7, 11) is 1.52. The Labute approximate surface area is 223 Å². The van der Waals surface area contributed by atoms with Gasteiger partial charge in [-0.3, -0.25) is 4.79 Å². The number of benzene rings is 4. The lowest BCUT2D eigenvalue weighted by Crippen LogP contribution is -2.49. The molecule has 0 aliphatic carbocycles. The molecule has 1 N–H and O–H groups in total. The molecular weight excluding hydrogens is 513 g/mol. The second kappa shape index (κ2) is 11.7.